The molecule has 0 aliphatic carbocycles. The molecule has 1 saturated heterocycles. The number of nitrogens with zero attached hydrogens (tertiary/aromatic N) is 1. The van der Waals surface area contributed by atoms with Gasteiger partial charge in [0.1, 0.15) is 5.25 Å². The second-order valence-corrected chi connectivity index (χ2v) is 8.38. The van der Waals surface area contributed by atoms with Crippen LogP contribution in [0.15, 0.2) is 30.3 Å². The van der Waals surface area contributed by atoms with Crippen LogP contribution in [0.1, 0.15) is 24.8 Å². The SMILES string of the molecule is O=C(C1CCCCS1(=O)=O)N(CCBr)Cc1ccccc1. The van der Waals surface area contributed by atoms with Crippen LogP contribution >= 0.6 is 15.9 Å². The van der Waals surface area contributed by atoms with Crippen molar-refractivity contribution in [1.29, 1.82) is 0 Å². The van der Waals surface area contributed by atoms with Gasteiger partial charge >= 0.3 is 0 Å². The second-order valence-electron chi connectivity index (χ2n) is 5.29. The highest BCUT2D eigenvalue weighted by molar-refractivity contribution is 9.09. The van der Waals surface area contributed by atoms with Crippen molar-refractivity contribution in [3.8, 4) is 0 Å². The zero-order valence-corrected chi connectivity index (χ0v) is 14.3. The molecule has 0 N–H and O–H groups in total. The predicted molar refractivity (Wildman–Crippen MR) is 87.1 cm³/mol. The van der Waals surface area contributed by atoms with Crippen molar-refractivity contribution >= 4 is 31.7 Å². The molecule has 1 aliphatic rings. The van der Waals surface area contributed by atoms with Gasteiger partial charge in [0.15, 0.2) is 9.84 Å². The maximum Gasteiger partial charge on any atom is 0.241 e. The van der Waals surface area contributed by atoms with Gasteiger partial charge in [-0.3, -0.25) is 4.79 Å². The summed E-state index contributed by atoms with van der Waals surface area (Å²) in [5.41, 5.74) is 1.01. The van der Waals surface area contributed by atoms with Crippen molar-refractivity contribution in [2.45, 2.75) is 31.1 Å². The number of amides is 1. The van der Waals surface area contributed by atoms with E-state index in [1.807, 2.05) is 30.3 Å². The number of sulfone groups is 1. The van der Waals surface area contributed by atoms with Crippen LogP contribution in [0.5, 0.6) is 0 Å². The summed E-state index contributed by atoms with van der Waals surface area (Å²) < 4.78 is 24.3. The molecule has 0 spiro atoms. The fraction of sp³-hybridized carbons (Fsp3) is 0.533. The minimum atomic E-state index is -3.28. The number of carbonyl (C=O) groups excluding carboxylic acids is 1. The average molecular weight is 374 g/mol. The number of rotatable bonds is 5. The molecule has 1 atom stereocenters. The van der Waals surface area contributed by atoms with E-state index < -0.39 is 15.1 Å². The van der Waals surface area contributed by atoms with Gasteiger partial charge in [-0.2, -0.15) is 0 Å². The van der Waals surface area contributed by atoms with Gasteiger partial charge in [-0.05, 0) is 18.4 Å². The van der Waals surface area contributed by atoms with Crippen molar-refractivity contribution < 1.29 is 13.2 Å². The molecule has 2 rings (SSSR count). The third kappa shape index (κ3) is 4.30. The number of halogens is 1. The van der Waals surface area contributed by atoms with Gasteiger partial charge in [0, 0.05) is 18.4 Å². The number of alkyl halides is 1. The van der Waals surface area contributed by atoms with E-state index in [-0.39, 0.29) is 11.7 Å². The summed E-state index contributed by atoms with van der Waals surface area (Å²) in [6.07, 6.45) is 1.93. The molecular formula is C15H20BrNO3S. The molecule has 1 aromatic carbocycles. The minimum Gasteiger partial charge on any atom is -0.336 e. The number of carbonyl (C=O) groups is 1. The lowest BCUT2D eigenvalue weighted by molar-refractivity contribution is -0.131. The van der Waals surface area contributed by atoms with E-state index in [1.165, 1.54) is 0 Å². The van der Waals surface area contributed by atoms with Crippen LogP contribution in [0.25, 0.3) is 0 Å². The van der Waals surface area contributed by atoms with Gasteiger partial charge in [-0.1, -0.05) is 52.7 Å². The quantitative estimate of drug-likeness (QED) is 0.744. The van der Waals surface area contributed by atoms with Crippen molar-refractivity contribution in [1.82, 2.24) is 4.90 Å². The fourth-order valence-corrected chi connectivity index (χ4v) is 4.91. The zero-order chi connectivity index (χ0) is 15.3. The molecule has 0 saturated carbocycles. The van der Waals surface area contributed by atoms with Gasteiger partial charge in [0.05, 0.1) is 5.75 Å². The summed E-state index contributed by atoms with van der Waals surface area (Å²) in [7, 11) is -3.28. The van der Waals surface area contributed by atoms with E-state index in [4.69, 9.17) is 0 Å². The van der Waals surface area contributed by atoms with Crippen LogP contribution in [-0.4, -0.2) is 42.1 Å². The molecule has 1 heterocycles. The van der Waals surface area contributed by atoms with E-state index in [1.54, 1.807) is 4.90 Å². The zero-order valence-electron chi connectivity index (χ0n) is 11.9. The van der Waals surface area contributed by atoms with Gasteiger partial charge in [0.2, 0.25) is 5.91 Å². The maximum atomic E-state index is 12.6. The van der Waals surface area contributed by atoms with Crippen LogP contribution in [-0.2, 0) is 21.2 Å². The van der Waals surface area contributed by atoms with Crippen molar-refractivity contribution in [3.63, 3.8) is 0 Å². The van der Waals surface area contributed by atoms with Crippen LogP contribution in [0.4, 0.5) is 0 Å². The normalized spacial score (nSPS) is 20.9. The first kappa shape index (κ1) is 16.5. The highest BCUT2D eigenvalue weighted by Gasteiger charge is 2.37. The summed E-state index contributed by atoms with van der Waals surface area (Å²) in [4.78, 5) is 14.3. The van der Waals surface area contributed by atoms with Gasteiger partial charge in [-0.25, -0.2) is 8.42 Å². The first-order valence-corrected chi connectivity index (χ1v) is 9.98. The summed E-state index contributed by atoms with van der Waals surface area (Å²) in [6, 6.07) is 9.66. The Bertz CT molecular complexity index is 574. The van der Waals surface area contributed by atoms with Crippen LogP contribution in [0, 0.1) is 0 Å². The topological polar surface area (TPSA) is 54.5 Å². The second kappa shape index (κ2) is 7.40. The van der Waals surface area contributed by atoms with Gasteiger partial charge in [0.25, 0.3) is 0 Å². The highest BCUT2D eigenvalue weighted by Crippen LogP contribution is 2.22. The molecule has 116 valence electrons. The maximum absolute atomic E-state index is 12.6. The summed E-state index contributed by atoms with van der Waals surface area (Å²) in [6.45, 7) is 0.969. The third-order valence-electron chi connectivity index (χ3n) is 3.74. The molecule has 1 aliphatic heterocycles. The Morgan fingerprint density at radius 3 is 2.57 bits per heavy atom. The van der Waals surface area contributed by atoms with Crippen LogP contribution in [0.2, 0.25) is 0 Å². The molecule has 4 nitrogen and oxygen atoms in total. The average Bonchev–Trinajstić information content (AvgIpc) is 2.47. The van der Waals surface area contributed by atoms with Crippen LogP contribution in [0.3, 0.4) is 0 Å². The van der Waals surface area contributed by atoms with Gasteiger partial charge in [-0.15, -0.1) is 0 Å². The summed E-state index contributed by atoms with van der Waals surface area (Å²) in [5.74, 6) is -0.116. The Kier molecular flexibility index (Phi) is 5.81. The molecule has 21 heavy (non-hydrogen) atoms. The fourth-order valence-electron chi connectivity index (χ4n) is 2.61. The van der Waals surface area contributed by atoms with E-state index in [9.17, 15) is 13.2 Å². The van der Waals surface area contributed by atoms with E-state index >= 15 is 0 Å². The number of hydrogen-bond donors (Lipinski definition) is 0. The molecule has 1 unspecified atom stereocenters. The Balaban J connectivity index is 2.15. The smallest absolute Gasteiger partial charge is 0.241 e. The molecule has 6 heteroatoms. The standard InChI is InChI=1S/C15H20BrNO3S/c16-9-10-17(12-13-6-2-1-3-7-13)15(18)14-8-4-5-11-21(14,19)20/h1-3,6-7,14H,4-5,8-12H2. The highest BCUT2D eigenvalue weighted by atomic mass is 79.9. The first-order valence-electron chi connectivity index (χ1n) is 7.15. The van der Waals surface area contributed by atoms with Crippen molar-refractivity contribution in [2.75, 3.05) is 17.6 Å². The van der Waals surface area contributed by atoms with E-state index in [2.05, 4.69) is 15.9 Å². The molecule has 1 amide bonds. The molecule has 1 fully saturated rings. The summed E-state index contributed by atoms with van der Waals surface area (Å²) >= 11 is 3.34. The van der Waals surface area contributed by atoms with Gasteiger partial charge < -0.3 is 4.90 Å². The Hall–Kier alpha value is -0.880. The van der Waals surface area contributed by atoms with E-state index in [0.717, 1.165) is 12.0 Å². The molecule has 0 bridgehead atoms. The molecular weight excluding hydrogens is 354 g/mol. The Morgan fingerprint density at radius 2 is 1.95 bits per heavy atom. The van der Waals surface area contributed by atoms with Crippen molar-refractivity contribution in [2.24, 2.45) is 0 Å². The lowest BCUT2D eigenvalue weighted by atomic mass is 10.1. The lowest BCUT2D eigenvalue weighted by Gasteiger charge is -2.29. The van der Waals surface area contributed by atoms with E-state index in [0.29, 0.717) is 31.3 Å². The Morgan fingerprint density at radius 1 is 1.24 bits per heavy atom. The van der Waals surface area contributed by atoms with Crippen molar-refractivity contribution in [3.05, 3.63) is 35.9 Å². The minimum absolute atomic E-state index is 0.136. The molecule has 0 radical (unpaired) electrons. The largest absolute Gasteiger partial charge is 0.336 e. The monoisotopic (exact) mass is 373 g/mol. The lowest BCUT2D eigenvalue weighted by Crippen LogP contribution is -2.45. The molecule has 1 aromatic rings. The predicted octanol–water partition coefficient (Wildman–Crippen LogP) is 2.38. The third-order valence-corrected chi connectivity index (χ3v) is 6.25. The first-order chi connectivity index (χ1) is 10.0. The molecule has 0 aromatic heterocycles. The summed E-state index contributed by atoms with van der Waals surface area (Å²) in [5, 5.41) is -0.216. The Labute approximate surface area is 134 Å². The number of benzene rings is 1. The van der Waals surface area contributed by atoms with Crippen LogP contribution < -0.4 is 0 Å². The number of hydrogen-bond acceptors (Lipinski definition) is 3.